The molecule has 2 rings (SSSR count). The summed E-state index contributed by atoms with van der Waals surface area (Å²) in [5.41, 5.74) is 2.53. The summed E-state index contributed by atoms with van der Waals surface area (Å²) in [5, 5.41) is 6.13. The van der Waals surface area contributed by atoms with Crippen LogP contribution in [-0.2, 0) is 4.79 Å². The van der Waals surface area contributed by atoms with Gasteiger partial charge in [-0.15, -0.1) is 0 Å². The molecule has 1 saturated heterocycles. The molecule has 0 saturated carbocycles. The number of nitrogens with zero attached hydrogens (tertiary/aromatic N) is 1. The Morgan fingerprint density at radius 3 is 2.74 bits per heavy atom. The van der Waals surface area contributed by atoms with Crippen LogP contribution in [0.5, 0.6) is 0 Å². The number of hydrogen-bond donors (Lipinski definition) is 2. The minimum absolute atomic E-state index is 0.175. The average molecular weight is 261 g/mol. The molecule has 1 fully saturated rings. The highest BCUT2D eigenvalue weighted by atomic mass is 16.2. The van der Waals surface area contributed by atoms with E-state index in [0.717, 1.165) is 26.2 Å². The molecule has 1 amide bonds. The van der Waals surface area contributed by atoms with Crippen molar-refractivity contribution >= 4 is 11.6 Å². The van der Waals surface area contributed by atoms with Crippen molar-refractivity contribution in [1.82, 2.24) is 10.6 Å². The lowest BCUT2D eigenvalue weighted by molar-refractivity contribution is -0.126. The lowest BCUT2D eigenvalue weighted by atomic mass is 10.0. The number of para-hydroxylation sites is 1. The zero-order valence-electron chi connectivity index (χ0n) is 11.8. The van der Waals surface area contributed by atoms with Crippen LogP contribution >= 0.6 is 0 Å². The van der Waals surface area contributed by atoms with Crippen LogP contribution in [0.15, 0.2) is 24.3 Å². The summed E-state index contributed by atoms with van der Waals surface area (Å²) >= 11 is 0. The fraction of sp³-hybridized carbons (Fsp3) is 0.533. The van der Waals surface area contributed by atoms with Gasteiger partial charge in [0, 0.05) is 38.4 Å². The van der Waals surface area contributed by atoms with Gasteiger partial charge in [-0.05, 0) is 25.5 Å². The van der Waals surface area contributed by atoms with Gasteiger partial charge in [-0.1, -0.05) is 18.2 Å². The zero-order valence-corrected chi connectivity index (χ0v) is 11.8. The van der Waals surface area contributed by atoms with Crippen molar-refractivity contribution in [2.75, 3.05) is 37.6 Å². The van der Waals surface area contributed by atoms with E-state index in [2.05, 4.69) is 53.6 Å². The molecule has 4 nitrogen and oxygen atoms in total. The standard InChI is InChI=1S/C15H23N3O/c1-3-18(14-7-5-4-6-12(14)2)9-8-17-15(19)13-10-16-11-13/h4-7,13,16H,3,8-11H2,1-2H3,(H,17,19). The highest BCUT2D eigenvalue weighted by Crippen LogP contribution is 2.18. The predicted octanol–water partition coefficient (Wildman–Crippen LogP) is 1.16. The second kappa shape index (κ2) is 6.57. The molecule has 104 valence electrons. The molecule has 1 aliphatic rings. The summed E-state index contributed by atoms with van der Waals surface area (Å²) in [7, 11) is 0. The second-order valence-electron chi connectivity index (χ2n) is 5.01. The molecule has 0 aromatic heterocycles. The quantitative estimate of drug-likeness (QED) is 0.807. The van der Waals surface area contributed by atoms with E-state index < -0.39 is 0 Å². The van der Waals surface area contributed by atoms with Crippen LogP contribution in [0.4, 0.5) is 5.69 Å². The number of rotatable bonds is 6. The van der Waals surface area contributed by atoms with Gasteiger partial charge in [0.1, 0.15) is 0 Å². The highest BCUT2D eigenvalue weighted by molar-refractivity contribution is 5.80. The minimum Gasteiger partial charge on any atom is -0.370 e. The first kappa shape index (κ1) is 13.9. The van der Waals surface area contributed by atoms with E-state index in [4.69, 9.17) is 0 Å². The van der Waals surface area contributed by atoms with E-state index in [-0.39, 0.29) is 11.8 Å². The van der Waals surface area contributed by atoms with Gasteiger partial charge in [0.05, 0.1) is 5.92 Å². The normalized spacial score (nSPS) is 14.8. The Bertz CT molecular complexity index is 429. The Labute approximate surface area is 115 Å². The smallest absolute Gasteiger partial charge is 0.225 e. The van der Waals surface area contributed by atoms with Crippen molar-refractivity contribution in [2.24, 2.45) is 5.92 Å². The first-order valence-electron chi connectivity index (χ1n) is 7.01. The Kier molecular flexibility index (Phi) is 4.80. The summed E-state index contributed by atoms with van der Waals surface area (Å²) in [6, 6.07) is 8.37. The fourth-order valence-electron chi connectivity index (χ4n) is 2.30. The van der Waals surface area contributed by atoms with Crippen molar-refractivity contribution in [2.45, 2.75) is 13.8 Å². The largest absolute Gasteiger partial charge is 0.370 e. The third kappa shape index (κ3) is 3.47. The van der Waals surface area contributed by atoms with Gasteiger partial charge < -0.3 is 15.5 Å². The number of benzene rings is 1. The maximum Gasteiger partial charge on any atom is 0.225 e. The monoisotopic (exact) mass is 261 g/mol. The number of carbonyl (C=O) groups is 1. The Balaban J connectivity index is 1.82. The maximum atomic E-state index is 11.7. The molecule has 0 unspecified atom stereocenters. The summed E-state index contributed by atoms with van der Waals surface area (Å²) in [4.78, 5) is 14.0. The van der Waals surface area contributed by atoms with Crippen LogP contribution in [0.25, 0.3) is 0 Å². The Morgan fingerprint density at radius 1 is 1.42 bits per heavy atom. The fourth-order valence-corrected chi connectivity index (χ4v) is 2.30. The first-order chi connectivity index (χ1) is 9.22. The number of hydrogen-bond acceptors (Lipinski definition) is 3. The van der Waals surface area contributed by atoms with E-state index in [1.165, 1.54) is 11.3 Å². The molecule has 0 bridgehead atoms. The Hall–Kier alpha value is -1.55. The number of aryl methyl sites for hydroxylation is 1. The molecule has 4 heteroatoms. The van der Waals surface area contributed by atoms with Gasteiger partial charge in [-0.25, -0.2) is 0 Å². The topological polar surface area (TPSA) is 44.4 Å². The number of amides is 1. The third-order valence-corrected chi connectivity index (χ3v) is 3.67. The Morgan fingerprint density at radius 2 is 2.16 bits per heavy atom. The lowest BCUT2D eigenvalue weighted by Gasteiger charge is -2.28. The molecule has 1 aliphatic heterocycles. The number of anilines is 1. The SMILES string of the molecule is CCN(CCNC(=O)C1CNC1)c1ccccc1C. The third-order valence-electron chi connectivity index (χ3n) is 3.67. The number of carbonyl (C=O) groups excluding carboxylic acids is 1. The lowest BCUT2D eigenvalue weighted by Crippen LogP contribution is -2.51. The van der Waals surface area contributed by atoms with E-state index in [1.54, 1.807) is 0 Å². The molecule has 1 heterocycles. The zero-order chi connectivity index (χ0) is 13.7. The molecule has 0 aliphatic carbocycles. The van der Waals surface area contributed by atoms with Gasteiger partial charge >= 0.3 is 0 Å². The minimum atomic E-state index is 0.175. The van der Waals surface area contributed by atoms with Crippen molar-refractivity contribution < 1.29 is 4.79 Å². The van der Waals surface area contributed by atoms with Crippen molar-refractivity contribution in [3.63, 3.8) is 0 Å². The highest BCUT2D eigenvalue weighted by Gasteiger charge is 2.24. The number of likely N-dealkylation sites (N-methyl/N-ethyl adjacent to an activating group) is 1. The van der Waals surface area contributed by atoms with Crippen LogP contribution in [0, 0.1) is 12.8 Å². The van der Waals surface area contributed by atoms with E-state index in [1.807, 2.05) is 0 Å². The first-order valence-corrected chi connectivity index (χ1v) is 7.01. The van der Waals surface area contributed by atoms with Gasteiger partial charge in [-0.3, -0.25) is 4.79 Å². The van der Waals surface area contributed by atoms with Crippen LogP contribution in [0.1, 0.15) is 12.5 Å². The summed E-state index contributed by atoms with van der Waals surface area (Å²) in [5.74, 6) is 0.355. The summed E-state index contributed by atoms with van der Waals surface area (Å²) in [6.07, 6.45) is 0. The maximum absolute atomic E-state index is 11.7. The van der Waals surface area contributed by atoms with Crippen LogP contribution < -0.4 is 15.5 Å². The predicted molar refractivity (Wildman–Crippen MR) is 78.4 cm³/mol. The average Bonchev–Trinajstić information content (AvgIpc) is 2.34. The molecular weight excluding hydrogens is 238 g/mol. The molecular formula is C15H23N3O. The van der Waals surface area contributed by atoms with Gasteiger partial charge in [0.25, 0.3) is 0 Å². The van der Waals surface area contributed by atoms with Gasteiger partial charge in [-0.2, -0.15) is 0 Å². The summed E-state index contributed by atoms with van der Waals surface area (Å²) in [6.45, 7) is 8.42. The molecule has 0 atom stereocenters. The van der Waals surface area contributed by atoms with Crippen molar-refractivity contribution in [3.05, 3.63) is 29.8 Å². The number of nitrogens with one attached hydrogen (secondary N) is 2. The summed E-state index contributed by atoms with van der Waals surface area (Å²) < 4.78 is 0. The van der Waals surface area contributed by atoms with E-state index in [0.29, 0.717) is 6.54 Å². The van der Waals surface area contributed by atoms with E-state index in [9.17, 15) is 4.79 Å². The molecule has 0 spiro atoms. The second-order valence-corrected chi connectivity index (χ2v) is 5.01. The molecule has 1 aromatic carbocycles. The molecule has 1 aromatic rings. The van der Waals surface area contributed by atoms with Crippen LogP contribution in [-0.4, -0.2) is 38.6 Å². The van der Waals surface area contributed by atoms with Crippen molar-refractivity contribution in [1.29, 1.82) is 0 Å². The molecule has 19 heavy (non-hydrogen) atoms. The van der Waals surface area contributed by atoms with Crippen LogP contribution in [0.2, 0.25) is 0 Å². The van der Waals surface area contributed by atoms with Crippen molar-refractivity contribution in [3.8, 4) is 0 Å². The van der Waals surface area contributed by atoms with E-state index >= 15 is 0 Å². The van der Waals surface area contributed by atoms with Gasteiger partial charge in [0.15, 0.2) is 0 Å². The van der Waals surface area contributed by atoms with Crippen LogP contribution in [0.3, 0.4) is 0 Å². The van der Waals surface area contributed by atoms with Gasteiger partial charge in [0.2, 0.25) is 5.91 Å². The molecule has 0 radical (unpaired) electrons. The molecule has 2 N–H and O–H groups in total.